The van der Waals surface area contributed by atoms with Crippen molar-refractivity contribution in [3.8, 4) is 0 Å². The Labute approximate surface area is 126 Å². The van der Waals surface area contributed by atoms with E-state index in [0.29, 0.717) is 19.1 Å². The fourth-order valence-electron chi connectivity index (χ4n) is 3.28. The first-order valence-electron chi connectivity index (χ1n) is 7.90. The lowest BCUT2D eigenvalue weighted by Crippen LogP contribution is -2.54. The standard InChI is InChI=1S/C15H26N2O4/c1-3-6-17(13-10-21-9-12(13)14(18)19)15(20)16-7-4-5-11(2)8-16/h11-13H,3-10H2,1-2H3,(H,18,19). The van der Waals surface area contributed by atoms with Crippen LogP contribution in [0, 0.1) is 11.8 Å². The molecule has 2 aliphatic rings. The predicted octanol–water partition coefficient (Wildman–Crippen LogP) is 1.65. The number of hydrogen-bond donors (Lipinski definition) is 1. The van der Waals surface area contributed by atoms with Gasteiger partial charge < -0.3 is 19.6 Å². The molecule has 120 valence electrons. The molecule has 3 unspecified atom stereocenters. The van der Waals surface area contributed by atoms with Gasteiger partial charge in [-0.25, -0.2) is 4.79 Å². The van der Waals surface area contributed by atoms with Crippen LogP contribution in [-0.4, -0.2) is 65.8 Å². The van der Waals surface area contributed by atoms with E-state index in [9.17, 15) is 14.7 Å². The Morgan fingerprint density at radius 3 is 2.76 bits per heavy atom. The van der Waals surface area contributed by atoms with E-state index in [1.807, 2.05) is 11.8 Å². The summed E-state index contributed by atoms with van der Waals surface area (Å²) in [5, 5.41) is 9.30. The van der Waals surface area contributed by atoms with Gasteiger partial charge in [0.1, 0.15) is 5.92 Å². The van der Waals surface area contributed by atoms with Gasteiger partial charge in [-0.3, -0.25) is 4.79 Å². The van der Waals surface area contributed by atoms with Crippen molar-refractivity contribution in [2.24, 2.45) is 11.8 Å². The average molecular weight is 298 g/mol. The molecule has 1 N–H and O–H groups in total. The first-order chi connectivity index (χ1) is 10.0. The number of nitrogens with zero attached hydrogens (tertiary/aromatic N) is 2. The minimum Gasteiger partial charge on any atom is -0.481 e. The minimum absolute atomic E-state index is 0.0230. The van der Waals surface area contributed by atoms with Crippen molar-refractivity contribution in [1.29, 1.82) is 0 Å². The molecular weight excluding hydrogens is 272 g/mol. The summed E-state index contributed by atoms with van der Waals surface area (Å²) in [6.07, 6.45) is 3.00. The number of carboxylic acid groups (broad SMARTS) is 1. The maximum absolute atomic E-state index is 12.8. The molecular formula is C15H26N2O4. The molecule has 0 aromatic rings. The molecule has 0 spiro atoms. The topological polar surface area (TPSA) is 70.1 Å². The van der Waals surface area contributed by atoms with Gasteiger partial charge in [-0.1, -0.05) is 13.8 Å². The van der Waals surface area contributed by atoms with Gasteiger partial charge >= 0.3 is 12.0 Å². The molecule has 2 amide bonds. The van der Waals surface area contributed by atoms with Crippen molar-refractivity contribution in [2.45, 2.75) is 39.2 Å². The first-order valence-corrected chi connectivity index (χ1v) is 7.90. The van der Waals surface area contributed by atoms with Gasteiger partial charge in [-0.05, 0) is 25.2 Å². The van der Waals surface area contributed by atoms with Gasteiger partial charge in [0.25, 0.3) is 0 Å². The number of piperidine rings is 1. The molecule has 2 saturated heterocycles. The van der Waals surface area contributed by atoms with Gasteiger partial charge in [0.2, 0.25) is 0 Å². The number of ether oxygens (including phenoxy) is 1. The molecule has 2 rings (SSSR count). The van der Waals surface area contributed by atoms with Crippen molar-refractivity contribution in [3.63, 3.8) is 0 Å². The Morgan fingerprint density at radius 2 is 2.14 bits per heavy atom. The third kappa shape index (κ3) is 3.67. The normalized spacial score (nSPS) is 29.4. The third-order valence-electron chi connectivity index (χ3n) is 4.41. The molecule has 21 heavy (non-hydrogen) atoms. The van der Waals surface area contributed by atoms with Crippen LogP contribution in [0.5, 0.6) is 0 Å². The van der Waals surface area contributed by atoms with E-state index < -0.39 is 11.9 Å². The summed E-state index contributed by atoms with van der Waals surface area (Å²) in [4.78, 5) is 27.7. The van der Waals surface area contributed by atoms with Gasteiger partial charge in [0, 0.05) is 19.6 Å². The van der Waals surface area contributed by atoms with Crippen molar-refractivity contribution in [2.75, 3.05) is 32.8 Å². The van der Waals surface area contributed by atoms with Gasteiger partial charge in [0.05, 0.1) is 19.3 Å². The second-order valence-corrected chi connectivity index (χ2v) is 6.22. The SMILES string of the molecule is CCCN(C(=O)N1CCCC(C)C1)C1COCC1C(=O)O. The van der Waals surface area contributed by atoms with E-state index in [1.54, 1.807) is 4.90 Å². The maximum Gasteiger partial charge on any atom is 0.320 e. The van der Waals surface area contributed by atoms with Gasteiger partial charge in [-0.15, -0.1) is 0 Å². The van der Waals surface area contributed by atoms with Crippen LogP contribution in [0.25, 0.3) is 0 Å². The summed E-state index contributed by atoms with van der Waals surface area (Å²) in [6, 6.07) is -0.364. The lowest BCUT2D eigenvalue weighted by atomic mass is 9.99. The summed E-state index contributed by atoms with van der Waals surface area (Å²) in [7, 11) is 0. The zero-order valence-corrected chi connectivity index (χ0v) is 13.0. The van der Waals surface area contributed by atoms with E-state index in [4.69, 9.17) is 4.74 Å². The molecule has 6 nitrogen and oxygen atoms in total. The molecule has 0 bridgehead atoms. The minimum atomic E-state index is -0.876. The van der Waals surface area contributed by atoms with Crippen LogP contribution in [0.4, 0.5) is 4.79 Å². The van der Waals surface area contributed by atoms with Gasteiger partial charge in [-0.2, -0.15) is 0 Å². The van der Waals surface area contributed by atoms with Crippen LogP contribution in [0.3, 0.4) is 0 Å². The van der Waals surface area contributed by atoms with Crippen LogP contribution >= 0.6 is 0 Å². The Morgan fingerprint density at radius 1 is 1.38 bits per heavy atom. The molecule has 0 radical (unpaired) electrons. The van der Waals surface area contributed by atoms with Gasteiger partial charge in [0.15, 0.2) is 0 Å². The first kappa shape index (κ1) is 16.1. The van der Waals surface area contributed by atoms with E-state index in [0.717, 1.165) is 32.4 Å². The van der Waals surface area contributed by atoms with Crippen molar-refractivity contribution in [1.82, 2.24) is 9.80 Å². The Hall–Kier alpha value is -1.30. The smallest absolute Gasteiger partial charge is 0.320 e. The molecule has 2 heterocycles. The number of likely N-dealkylation sites (tertiary alicyclic amines) is 1. The summed E-state index contributed by atoms with van der Waals surface area (Å²) in [6.45, 7) is 6.81. The van der Waals surface area contributed by atoms with Crippen molar-refractivity contribution in [3.05, 3.63) is 0 Å². The van der Waals surface area contributed by atoms with Crippen LogP contribution < -0.4 is 0 Å². The monoisotopic (exact) mass is 298 g/mol. The highest BCUT2D eigenvalue weighted by Crippen LogP contribution is 2.24. The molecule has 0 saturated carbocycles. The van der Waals surface area contributed by atoms with E-state index in [2.05, 4.69) is 6.92 Å². The van der Waals surface area contributed by atoms with Crippen LogP contribution in [-0.2, 0) is 9.53 Å². The lowest BCUT2D eigenvalue weighted by Gasteiger charge is -2.38. The number of carboxylic acids is 1. The fourth-order valence-corrected chi connectivity index (χ4v) is 3.28. The molecule has 6 heteroatoms. The quantitative estimate of drug-likeness (QED) is 0.857. The maximum atomic E-state index is 12.8. The lowest BCUT2D eigenvalue weighted by molar-refractivity contribution is -0.142. The molecule has 0 aromatic heterocycles. The largest absolute Gasteiger partial charge is 0.481 e. The highest BCUT2D eigenvalue weighted by Gasteiger charge is 2.41. The number of rotatable bonds is 4. The number of aliphatic carboxylic acids is 1. The average Bonchev–Trinajstić information content (AvgIpc) is 2.93. The zero-order valence-electron chi connectivity index (χ0n) is 13.0. The fraction of sp³-hybridized carbons (Fsp3) is 0.867. The van der Waals surface area contributed by atoms with E-state index in [1.165, 1.54) is 0 Å². The highest BCUT2D eigenvalue weighted by atomic mass is 16.5. The van der Waals surface area contributed by atoms with Crippen LogP contribution in [0.1, 0.15) is 33.1 Å². The summed E-state index contributed by atoms with van der Waals surface area (Å²) >= 11 is 0. The number of hydrogen-bond acceptors (Lipinski definition) is 3. The predicted molar refractivity (Wildman–Crippen MR) is 78.1 cm³/mol. The molecule has 0 aliphatic carbocycles. The molecule has 3 atom stereocenters. The number of carbonyl (C=O) groups is 2. The Bertz CT molecular complexity index is 388. The van der Waals surface area contributed by atoms with E-state index in [-0.39, 0.29) is 18.7 Å². The molecule has 0 aromatic carbocycles. The van der Waals surface area contributed by atoms with Crippen LogP contribution in [0.2, 0.25) is 0 Å². The van der Waals surface area contributed by atoms with Crippen molar-refractivity contribution >= 4 is 12.0 Å². The number of urea groups is 1. The van der Waals surface area contributed by atoms with E-state index >= 15 is 0 Å². The second-order valence-electron chi connectivity index (χ2n) is 6.22. The Kier molecular flexibility index (Phi) is 5.45. The molecule has 2 aliphatic heterocycles. The number of amides is 2. The van der Waals surface area contributed by atoms with Crippen LogP contribution in [0.15, 0.2) is 0 Å². The molecule has 2 fully saturated rings. The Balaban J connectivity index is 2.10. The number of carbonyl (C=O) groups excluding carboxylic acids is 1. The second kappa shape index (κ2) is 7.11. The summed E-state index contributed by atoms with van der Waals surface area (Å²) in [5.74, 6) is -0.970. The summed E-state index contributed by atoms with van der Waals surface area (Å²) < 4.78 is 5.32. The highest BCUT2D eigenvalue weighted by molar-refractivity contribution is 5.77. The third-order valence-corrected chi connectivity index (χ3v) is 4.41. The summed E-state index contributed by atoms with van der Waals surface area (Å²) in [5.41, 5.74) is 0. The van der Waals surface area contributed by atoms with Crippen molar-refractivity contribution < 1.29 is 19.4 Å². The zero-order chi connectivity index (χ0) is 15.4.